The second-order valence-corrected chi connectivity index (χ2v) is 8.32. The van der Waals surface area contributed by atoms with Crippen molar-refractivity contribution in [3.05, 3.63) is 39.4 Å². The molecule has 1 aromatic carbocycles. The minimum absolute atomic E-state index is 0.183. The molecule has 0 aromatic heterocycles. The fourth-order valence-electron chi connectivity index (χ4n) is 4.32. The number of allylic oxidation sites excluding steroid dienone is 1. The predicted molar refractivity (Wildman–Crippen MR) is 88.6 cm³/mol. The zero-order chi connectivity index (χ0) is 15.6. The van der Waals surface area contributed by atoms with Crippen molar-refractivity contribution in [2.24, 2.45) is 22.7 Å². The van der Waals surface area contributed by atoms with E-state index >= 15 is 0 Å². The number of rotatable bonds is 1. The van der Waals surface area contributed by atoms with E-state index in [1.54, 1.807) is 6.07 Å². The minimum Gasteiger partial charge on any atom is -0.294 e. The van der Waals surface area contributed by atoms with Crippen molar-refractivity contribution in [1.29, 1.82) is 0 Å². The second kappa shape index (κ2) is 4.60. The number of carbonyl (C=O) groups excluding carboxylic acids is 1. The van der Waals surface area contributed by atoms with Crippen molar-refractivity contribution in [1.82, 2.24) is 0 Å². The van der Waals surface area contributed by atoms with E-state index in [1.165, 1.54) is 0 Å². The molecule has 3 aliphatic rings. The van der Waals surface area contributed by atoms with Crippen LogP contribution in [0.5, 0.6) is 0 Å². The molecule has 3 aliphatic carbocycles. The van der Waals surface area contributed by atoms with E-state index in [4.69, 9.17) is 23.2 Å². The number of Topliss-reactive ketones (excluding diaryl/α,β-unsaturated/α-hetero) is 1. The molecule has 0 radical (unpaired) electrons. The van der Waals surface area contributed by atoms with Gasteiger partial charge < -0.3 is 0 Å². The number of carbonyl (C=O) groups is 1. The summed E-state index contributed by atoms with van der Waals surface area (Å²) in [4.78, 5) is 12.8. The summed E-state index contributed by atoms with van der Waals surface area (Å²) >= 11 is 12.2. The molecule has 21 heavy (non-hydrogen) atoms. The van der Waals surface area contributed by atoms with E-state index in [0.717, 1.165) is 17.6 Å². The summed E-state index contributed by atoms with van der Waals surface area (Å²) in [5.41, 5.74) is 1.70. The lowest BCUT2D eigenvalue weighted by Gasteiger charge is -2.63. The average Bonchev–Trinajstić information content (AvgIpc) is 2.36. The monoisotopic (exact) mass is 322 g/mol. The summed E-state index contributed by atoms with van der Waals surface area (Å²) in [5, 5.41) is 1.21. The third-order valence-electron chi connectivity index (χ3n) is 5.64. The second-order valence-electron chi connectivity index (χ2n) is 7.48. The van der Waals surface area contributed by atoms with Gasteiger partial charge in [0.2, 0.25) is 0 Å². The Hall–Kier alpha value is -0.790. The highest BCUT2D eigenvalue weighted by molar-refractivity contribution is 6.35. The molecule has 0 spiro atoms. The first-order chi connectivity index (χ1) is 9.65. The molecule has 0 N–H and O–H groups in total. The molecule has 112 valence electrons. The van der Waals surface area contributed by atoms with Gasteiger partial charge in [-0.3, -0.25) is 4.79 Å². The molecule has 3 fully saturated rings. The van der Waals surface area contributed by atoms with Gasteiger partial charge in [0.25, 0.3) is 0 Å². The van der Waals surface area contributed by atoms with Gasteiger partial charge in [0.05, 0.1) is 0 Å². The van der Waals surface area contributed by atoms with Gasteiger partial charge in [0.15, 0.2) is 5.78 Å². The first kappa shape index (κ1) is 15.1. The van der Waals surface area contributed by atoms with Gasteiger partial charge in [-0.15, -0.1) is 0 Å². The maximum atomic E-state index is 12.8. The average molecular weight is 323 g/mol. The molecule has 0 heterocycles. The van der Waals surface area contributed by atoms with Crippen molar-refractivity contribution < 1.29 is 4.79 Å². The molecule has 1 nitrogen and oxygen atoms in total. The van der Waals surface area contributed by atoms with Crippen molar-refractivity contribution in [2.45, 2.75) is 34.1 Å². The Morgan fingerprint density at radius 1 is 1.19 bits per heavy atom. The molecule has 0 unspecified atom stereocenters. The number of hydrogen-bond acceptors (Lipinski definition) is 1. The van der Waals surface area contributed by atoms with Crippen LogP contribution in [-0.2, 0) is 4.79 Å². The van der Waals surface area contributed by atoms with E-state index in [0.29, 0.717) is 21.9 Å². The SMILES string of the molecule is CC1(C)C(=O)C(=Cc2ccc(Cl)cc2Cl)[C@H]2C[C@H]1C2(C)C. The Bertz CT molecular complexity index is 655. The van der Waals surface area contributed by atoms with E-state index in [9.17, 15) is 4.79 Å². The van der Waals surface area contributed by atoms with Crippen molar-refractivity contribution >= 4 is 35.1 Å². The predicted octanol–water partition coefficient (Wildman–Crippen LogP) is 5.65. The van der Waals surface area contributed by atoms with E-state index in [-0.39, 0.29) is 16.6 Å². The lowest BCUT2D eigenvalue weighted by Crippen LogP contribution is -2.61. The van der Waals surface area contributed by atoms with Crippen LogP contribution in [0.1, 0.15) is 39.7 Å². The van der Waals surface area contributed by atoms with Crippen molar-refractivity contribution in [3.8, 4) is 0 Å². The van der Waals surface area contributed by atoms with Gasteiger partial charge in [0.1, 0.15) is 0 Å². The molecular formula is C18H20Cl2O. The molecule has 0 amide bonds. The van der Waals surface area contributed by atoms with Crippen LogP contribution in [0, 0.1) is 22.7 Å². The van der Waals surface area contributed by atoms with Crippen LogP contribution in [0.25, 0.3) is 6.08 Å². The summed E-state index contributed by atoms with van der Waals surface area (Å²) < 4.78 is 0. The first-order valence-electron chi connectivity index (χ1n) is 7.37. The Morgan fingerprint density at radius 2 is 1.86 bits per heavy atom. The number of fused-ring (bicyclic) bond motifs is 2. The number of halogens is 2. The number of ketones is 1. The molecule has 0 saturated heterocycles. The highest BCUT2D eigenvalue weighted by Crippen LogP contribution is 2.66. The first-order valence-corrected chi connectivity index (χ1v) is 8.12. The third kappa shape index (κ3) is 2.09. The van der Waals surface area contributed by atoms with Gasteiger partial charge in [-0.1, -0.05) is 57.0 Å². The topological polar surface area (TPSA) is 17.1 Å². The van der Waals surface area contributed by atoms with Gasteiger partial charge in [-0.2, -0.15) is 0 Å². The minimum atomic E-state index is -0.289. The Morgan fingerprint density at radius 3 is 2.43 bits per heavy atom. The van der Waals surface area contributed by atoms with E-state index < -0.39 is 0 Å². The van der Waals surface area contributed by atoms with Crippen molar-refractivity contribution in [3.63, 3.8) is 0 Å². The molecule has 4 rings (SSSR count). The van der Waals surface area contributed by atoms with Crippen LogP contribution in [0.15, 0.2) is 23.8 Å². The lowest BCUT2D eigenvalue weighted by molar-refractivity contribution is -0.155. The van der Waals surface area contributed by atoms with E-state index in [1.807, 2.05) is 18.2 Å². The Labute approximate surface area is 136 Å². The largest absolute Gasteiger partial charge is 0.294 e. The van der Waals surface area contributed by atoms with E-state index in [2.05, 4.69) is 27.7 Å². The van der Waals surface area contributed by atoms with Crippen LogP contribution in [0.4, 0.5) is 0 Å². The lowest BCUT2D eigenvalue weighted by atomic mass is 9.40. The molecule has 2 atom stereocenters. The molecule has 2 bridgehead atoms. The zero-order valence-electron chi connectivity index (χ0n) is 12.8. The molecule has 3 heteroatoms. The smallest absolute Gasteiger partial charge is 0.165 e. The maximum absolute atomic E-state index is 12.8. The zero-order valence-corrected chi connectivity index (χ0v) is 14.3. The molecule has 0 aliphatic heterocycles. The highest BCUT2D eigenvalue weighted by Gasteiger charge is 2.63. The standard InChI is InChI=1S/C18H20Cl2O/c1-17(2)13-9-15(17)18(3,4)16(21)12(13)7-10-5-6-11(19)8-14(10)20/h5-8,13,15H,9H2,1-4H3/t13-,15+/m1/s1. The van der Waals surface area contributed by atoms with Crippen LogP contribution < -0.4 is 0 Å². The van der Waals surface area contributed by atoms with Gasteiger partial charge in [-0.05, 0) is 53.0 Å². The summed E-state index contributed by atoms with van der Waals surface area (Å²) in [7, 11) is 0. The molecule has 3 saturated carbocycles. The van der Waals surface area contributed by atoms with Gasteiger partial charge in [-0.25, -0.2) is 0 Å². The third-order valence-corrected chi connectivity index (χ3v) is 6.20. The summed E-state index contributed by atoms with van der Waals surface area (Å²) in [5.74, 6) is 1.09. The van der Waals surface area contributed by atoms with Crippen LogP contribution >= 0.6 is 23.2 Å². The van der Waals surface area contributed by atoms with Gasteiger partial charge in [0, 0.05) is 15.5 Å². The van der Waals surface area contributed by atoms with Crippen molar-refractivity contribution in [2.75, 3.05) is 0 Å². The molecule has 1 aromatic rings. The normalized spacial score (nSPS) is 31.1. The van der Waals surface area contributed by atoms with Crippen LogP contribution in [0.2, 0.25) is 10.0 Å². The fourth-order valence-corrected chi connectivity index (χ4v) is 4.78. The van der Waals surface area contributed by atoms with Gasteiger partial charge >= 0.3 is 0 Å². The fraction of sp³-hybridized carbons (Fsp3) is 0.500. The summed E-state index contributed by atoms with van der Waals surface area (Å²) in [6, 6.07) is 5.42. The maximum Gasteiger partial charge on any atom is 0.165 e. The Kier molecular flexibility index (Phi) is 3.31. The molecular weight excluding hydrogens is 303 g/mol. The highest BCUT2D eigenvalue weighted by atomic mass is 35.5. The summed E-state index contributed by atoms with van der Waals surface area (Å²) in [6.07, 6.45) is 3.08. The van der Waals surface area contributed by atoms with Crippen LogP contribution in [-0.4, -0.2) is 5.78 Å². The van der Waals surface area contributed by atoms with Crippen LogP contribution in [0.3, 0.4) is 0 Å². The Balaban J connectivity index is 2.08. The quantitative estimate of drug-likeness (QED) is 0.611. The number of benzene rings is 1. The number of hydrogen-bond donors (Lipinski definition) is 0. The summed E-state index contributed by atoms with van der Waals surface area (Å²) in [6.45, 7) is 8.71.